The Hall–Kier alpha value is -3.09. The third-order valence-corrected chi connectivity index (χ3v) is 3.15. The number of nitrogens with zero attached hydrogens (tertiary/aromatic N) is 2. The first kappa shape index (κ1) is 15.8. The maximum atomic E-state index is 12.4. The van der Waals surface area contributed by atoms with Crippen LogP contribution in [0.3, 0.4) is 0 Å². The van der Waals surface area contributed by atoms with Crippen molar-refractivity contribution in [2.45, 2.75) is 6.18 Å². The Kier molecular flexibility index (Phi) is 4.33. The summed E-state index contributed by atoms with van der Waals surface area (Å²) in [6, 6.07) is 15.3. The molecule has 0 fully saturated rings. The summed E-state index contributed by atoms with van der Waals surface area (Å²) in [6.07, 6.45) is -2.24. The zero-order valence-corrected chi connectivity index (χ0v) is 12.3. The highest BCUT2D eigenvalue weighted by Gasteiger charge is 2.30. The Morgan fingerprint density at radius 1 is 1.00 bits per heavy atom. The van der Waals surface area contributed by atoms with E-state index in [1.165, 1.54) is 12.3 Å². The van der Waals surface area contributed by atoms with Gasteiger partial charge in [-0.25, -0.2) is 4.98 Å². The van der Waals surface area contributed by atoms with Crippen LogP contribution in [-0.4, -0.2) is 11.2 Å². The number of benzene rings is 1. The molecule has 1 aromatic carbocycles. The van der Waals surface area contributed by atoms with Crippen molar-refractivity contribution in [1.29, 1.82) is 0 Å². The minimum atomic E-state index is -4.41. The third-order valence-electron chi connectivity index (χ3n) is 3.15. The molecule has 24 heavy (non-hydrogen) atoms. The van der Waals surface area contributed by atoms with Crippen LogP contribution in [0.1, 0.15) is 11.3 Å². The number of pyridine rings is 1. The van der Waals surface area contributed by atoms with E-state index in [0.717, 1.165) is 17.8 Å². The summed E-state index contributed by atoms with van der Waals surface area (Å²) in [7, 11) is 0. The van der Waals surface area contributed by atoms with Crippen molar-refractivity contribution in [3.63, 3.8) is 0 Å². The molecule has 7 heteroatoms. The number of aromatic nitrogens is 1. The average Bonchev–Trinajstić information content (AvgIpc) is 3.04. The summed E-state index contributed by atoms with van der Waals surface area (Å²) in [6.45, 7) is 0. The molecule has 0 amide bonds. The molecule has 0 saturated carbocycles. The molecule has 2 heterocycles. The van der Waals surface area contributed by atoms with Gasteiger partial charge in [0.05, 0.1) is 11.8 Å². The molecule has 122 valence electrons. The zero-order valence-electron chi connectivity index (χ0n) is 12.3. The number of hydrazone groups is 1. The summed E-state index contributed by atoms with van der Waals surface area (Å²) in [5.74, 6) is 1.41. The van der Waals surface area contributed by atoms with Gasteiger partial charge in [-0.05, 0) is 24.3 Å². The van der Waals surface area contributed by atoms with Gasteiger partial charge in [0.25, 0.3) is 0 Å². The van der Waals surface area contributed by atoms with Crippen LogP contribution in [0, 0.1) is 0 Å². The van der Waals surface area contributed by atoms with Gasteiger partial charge >= 0.3 is 6.18 Å². The number of halogens is 3. The van der Waals surface area contributed by atoms with E-state index < -0.39 is 11.7 Å². The minimum absolute atomic E-state index is 0.203. The van der Waals surface area contributed by atoms with Gasteiger partial charge in [-0.1, -0.05) is 30.3 Å². The molecule has 0 radical (unpaired) electrons. The summed E-state index contributed by atoms with van der Waals surface area (Å²) >= 11 is 0. The quantitative estimate of drug-likeness (QED) is 0.551. The van der Waals surface area contributed by atoms with Crippen molar-refractivity contribution in [2.24, 2.45) is 5.10 Å². The summed E-state index contributed by atoms with van der Waals surface area (Å²) in [4.78, 5) is 3.65. The lowest BCUT2D eigenvalue weighted by atomic mass is 10.2. The molecule has 0 spiro atoms. The Balaban J connectivity index is 1.64. The molecule has 0 saturated heterocycles. The van der Waals surface area contributed by atoms with Crippen LogP contribution >= 0.6 is 0 Å². The van der Waals surface area contributed by atoms with Gasteiger partial charge in [0.2, 0.25) is 0 Å². The molecule has 3 aromatic rings. The number of furan rings is 1. The van der Waals surface area contributed by atoms with Crippen molar-refractivity contribution in [3.8, 4) is 11.3 Å². The molecule has 3 rings (SSSR count). The molecule has 2 aromatic heterocycles. The monoisotopic (exact) mass is 331 g/mol. The molecule has 0 aliphatic heterocycles. The van der Waals surface area contributed by atoms with Crippen LogP contribution in [0.15, 0.2) is 70.3 Å². The summed E-state index contributed by atoms with van der Waals surface area (Å²) in [5.41, 5.74) is 2.68. The number of anilines is 1. The molecule has 1 N–H and O–H groups in total. The number of hydrogen-bond donors (Lipinski definition) is 1. The van der Waals surface area contributed by atoms with Gasteiger partial charge in [-0.2, -0.15) is 18.3 Å². The summed E-state index contributed by atoms with van der Waals surface area (Å²) in [5, 5.41) is 3.90. The first-order valence-corrected chi connectivity index (χ1v) is 7.00. The lowest BCUT2D eigenvalue weighted by Gasteiger charge is -2.06. The van der Waals surface area contributed by atoms with E-state index in [4.69, 9.17) is 4.42 Å². The maximum Gasteiger partial charge on any atom is 0.417 e. The third kappa shape index (κ3) is 3.81. The minimum Gasteiger partial charge on any atom is -0.455 e. The second-order valence-corrected chi connectivity index (χ2v) is 4.87. The zero-order chi connectivity index (χ0) is 17.0. The predicted octanol–water partition coefficient (Wildman–Crippen LogP) is 4.81. The largest absolute Gasteiger partial charge is 0.455 e. The smallest absolute Gasteiger partial charge is 0.417 e. The second kappa shape index (κ2) is 6.57. The predicted molar refractivity (Wildman–Crippen MR) is 84.6 cm³/mol. The Labute approximate surface area is 135 Å². The molecular formula is C17H12F3N3O. The number of rotatable bonds is 4. The fourth-order valence-electron chi connectivity index (χ4n) is 1.97. The Bertz CT molecular complexity index is 824. The molecule has 0 unspecified atom stereocenters. The van der Waals surface area contributed by atoms with Crippen LogP contribution in [0.4, 0.5) is 19.0 Å². The molecule has 0 aliphatic rings. The van der Waals surface area contributed by atoms with Gasteiger partial charge < -0.3 is 4.42 Å². The Morgan fingerprint density at radius 3 is 2.46 bits per heavy atom. The van der Waals surface area contributed by atoms with Crippen LogP contribution in [0.25, 0.3) is 11.3 Å². The highest BCUT2D eigenvalue weighted by Crippen LogP contribution is 2.28. The van der Waals surface area contributed by atoms with E-state index in [2.05, 4.69) is 15.5 Å². The number of nitrogens with one attached hydrogen (secondary N) is 1. The number of hydrogen-bond acceptors (Lipinski definition) is 4. The highest BCUT2D eigenvalue weighted by atomic mass is 19.4. The van der Waals surface area contributed by atoms with Gasteiger partial charge in [-0.15, -0.1) is 0 Å². The topological polar surface area (TPSA) is 50.4 Å². The van der Waals surface area contributed by atoms with Crippen molar-refractivity contribution in [3.05, 3.63) is 72.1 Å². The van der Waals surface area contributed by atoms with Crippen molar-refractivity contribution >= 4 is 12.0 Å². The van der Waals surface area contributed by atoms with Crippen LogP contribution in [0.5, 0.6) is 0 Å². The van der Waals surface area contributed by atoms with Gasteiger partial charge in [0.15, 0.2) is 0 Å². The molecule has 4 nitrogen and oxygen atoms in total. The maximum absolute atomic E-state index is 12.4. The second-order valence-electron chi connectivity index (χ2n) is 4.87. The fourth-order valence-corrected chi connectivity index (χ4v) is 1.97. The van der Waals surface area contributed by atoms with E-state index in [0.29, 0.717) is 11.5 Å². The lowest BCUT2D eigenvalue weighted by Crippen LogP contribution is -2.05. The lowest BCUT2D eigenvalue weighted by molar-refractivity contribution is -0.137. The van der Waals surface area contributed by atoms with Gasteiger partial charge in [-0.3, -0.25) is 5.43 Å². The molecule has 0 bridgehead atoms. The summed E-state index contributed by atoms with van der Waals surface area (Å²) < 4.78 is 42.9. The SMILES string of the molecule is FC(F)(F)c1ccc(N/N=C\c2ccc(-c3ccccc3)o2)nc1. The van der Waals surface area contributed by atoms with Gasteiger partial charge in [0, 0.05) is 11.8 Å². The molecule has 0 aliphatic carbocycles. The molecular weight excluding hydrogens is 319 g/mol. The van der Waals surface area contributed by atoms with Crippen LogP contribution in [-0.2, 0) is 6.18 Å². The Morgan fingerprint density at radius 2 is 1.79 bits per heavy atom. The highest BCUT2D eigenvalue weighted by molar-refractivity contribution is 5.78. The van der Waals surface area contributed by atoms with Crippen LogP contribution < -0.4 is 5.43 Å². The average molecular weight is 331 g/mol. The van der Waals surface area contributed by atoms with E-state index in [1.54, 1.807) is 6.07 Å². The fraction of sp³-hybridized carbons (Fsp3) is 0.0588. The van der Waals surface area contributed by atoms with Crippen molar-refractivity contribution < 1.29 is 17.6 Å². The normalized spacial score (nSPS) is 11.8. The first-order valence-electron chi connectivity index (χ1n) is 7.00. The van der Waals surface area contributed by atoms with Gasteiger partial charge in [0.1, 0.15) is 17.3 Å². The van der Waals surface area contributed by atoms with Crippen molar-refractivity contribution in [2.75, 3.05) is 5.43 Å². The van der Waals surface area contributed by atoms with Crippen molar-refractivity contribution in [1.82, 2.24) is 4.98 Å². The van der Waals surface area contributed by atoms with Crippen LogP contribution in [0.2, 0.25) is 0 Å². The standard InChI is InChI=1S/C17H12F3N3O/c18-17(19,20)13-6-9-16(21-10-13)23-22-11-14-7-8-15(24-14)12-4-2-1-3-5-12/h1-11H,(H,21,23)/b22-11-. The van der Waals surface area contributed by atoms with E-state index in [1.807, 2.05) is 36.4 Å². The van der Waals surface area contributed by atoms with E-state index in [-0.39, 0.29) is 5.82 Å². The first-order chi connectivity index (χ1) is 11.5. The van der Waals surface area contributed by atoms with E-state index in [9.17, 15) is 13.2 Å². The van der Waals surface area contributed by atoms with E-state index >= 15 is 0 Å². The number of alkyl halides is 3. The molecule has 0 atom stereocenters.